The number of benzene rings is 3. The van der Waals surface area contributed by atoms with E-state index in [4.69, 9.17) is 0 Å². The first kappa shape index (κ1) is 68.9. The topological polar surface area (TPSA) is 0 Å². The van der Waals surface area contributed by atoms with Crippen LogP contribution in [0.3, 0.4) is 0 Å². The van der Waals surface area contributed by atoms with Crippen LogP contribution < -0.4 is 13.2 Å². The van der Waals surface area contributed by atoms with Gasteiger partial charge >= 0.3 is 361 Å². The summed E-state index contributed by atoms with van der Waals surface area (Å²) in [6.07, 6.45) is 71.9. The minimum absolute atomic E-state index is 0.822. The summed E-state index contributed by atoms with van der Waals surface area (Å²) in [5.41, 5.74) is 0. The van der Waals surface area contributed by atoms with Crippen LogP contribution in [0.5, 0.6) is 0 Å². The van der Waals surface area contributed by atoms with Gasteiger partial charge in [0.15, 0.2) is 0 Å². The molecule has 0 aromatic heterocycles. The van der Waals surface area contributed by atoms with Gasteiger partial charge in [0.25, 0.3) is 0 Å². The summed E-state index contributed by atoms with van der Waals surface area (Å²) in [6.45, 7) is 6.97. The molecule has 0 nitrogen and oxygen atoms in total. The Balaban J connectivity index is 0.000000806. The van der Waals surface area contributed by atoms with E-state index >= 15 is 0 Å². The molecule has 3 aromatic carbocycles. The van der Waals surface area contributed by atoms with Crippen molar-refractivity contribution in [3.8, 4) is 0 Å². The Morgan fingerprint density at radius 1 is 0.189 bits per heavy atom. The second-order valence-corrected chi connectivity index (χ2v) is 34.9. The van der Waals surface area contributed by atoms with Crippen LogP contribution in [-0.2, 0) is 0 Å². The zero-order valence-electron chi connectivity index (χ0n) is 50.2. The van der Waals surface area contributed by atoms with Crippen molar-refractivity contribution in [1.82, 2.24) is 0 Å². The first-order chi connectivity index (χ1) is 36.8. The number of unbranched alkanes of at least 4 members (excludes halogenated alkanes) is 45. The number of hydrogen-bond donors (Lipinski definition) is 0. The van der Waals surface area contributed by atoms with E-state index in [1.54, 1.807) is 54.3 Å². The first-order valence-electron chi connectivity index (χ1n) is 33.7. The second kappa shape index (κ2) is 56.5. The second-order valence-electron chi connectivity index (χ2n) is 23.4. The van der Waals surface area contributed by atoms with E-state index in [1.165, 1.54) is 283 Å². The Morgan fingerprint density at radius 3 is 0.500 bits per heavy atom. The Kier molecular flexibility index (Phi) is 52.5. The average molecular weight is 1140 g/mol. The molecule has 0 atom stereocenters. The van der Waals surface area contributed by atoms with Crippen molar-refractivity contribution >= 4 is 41.9 Å². The molecule has 74 heavy (non-hydrogen) atoms. The van der Waals surface area contributed by atoms with Gasteiger partial charge in [0, 0.05) is 0 Å². The standard InChI is InChI=1S/C54H111Ge.C18H15Ge/c1-4-7-10-13-16-19-22-25-28-31-34-37-40-43-46-49-52-55(53-50-47-44-41-38-35-32-29-26-23-20-17-14-11-8-5-2)54-51-48-45-42-39-36-33-30-27-24-21-18-15-12-9-6-3;1-4-10-16(11-5-1)19(17-12-6-2-7-13-17)18-14-8-3-9-15-18/h4-54H2,1-3H3;1-15H. The molecule has 3 aromatic rings. The molecule has 422 valence electrons. The molecule has 0 fully saturated rings. The molecule has 0 saturated heterocycles. The SMILES string of the molecule is CCCCCCCCCCCCCCCCC[CH2][Ge]([CH2]CCCCCCCCCCCCCCCCC)[CH2]CCCCCCCCCCCCCCCCC.c1cc[c]([Ge]([c]2ccccc2)[c]2ccccc2)cc1. The van der Waals surface area contributed by atoms with Crippen molar-refractivity contribution in [3.63, 3.8) is 0 Å². The molecular weight excluding hydrogens is 1010 g/mol. The Hall–Kier alpha value is -1.25. The summed E-state index contributed by atoms with van der Waals surface area (Å²) in [6, 6.07) is 32.8. The third kappa shape index (κ3) is 43.7. The van der Waals surface area contributed by atoms with Crippen molar-refractivity contribution in [2.24, 2.45) is 0 Å². The van der Waals surface area contributed by atoms with Gasteiger partial charge in [-0.15, -0.1) is 0 Å². The molecule has 0 unspecified atom stereocenters. The van der Waals surface area contributed by atoms with E-state index in [-0.39, 0.29) is 0 Å². The van der Waals surface area contributed by atoms with Crippen LogP contribution in [0.4, 0.5) is 0 Å². The van der Waals surface area contributed by atoms with Gasteiger partial charge in [-0.2, -0.15) is 0 Å². The van der Waals surface area contributed by atoms with E-state index in [0.717, 1.165) is 0 Å². The Labute approximate surface area is 474 Å². The monoisotopic (exact) mass is 1140 g/mol. The van der Waals surface area contributed by atoms with Crippen molar-refractivity contribution in [3.05, 3.63) is 91.0 Å². The molecule has 0 heterocycles. The predicted octanol–water partition coefficient (Wildman–Crippen LogP) is 23.5. The van der Waals surface area contributed by atoms with E-state index in [0.29, 0.717) is 0 Å². The quantitative estimate of drug-likeness (QED) is 0.0390. The van der Waals surface area contributed by atoms with Crippen LogP contribution >= 0.6 is 0 Å². The Bertz CT molecular complexity index is 1290. The van der Waals surface area contributed by atoms with Crippen LogP contribution in [0.2, 0.25) is 15.8 Å². The summed E-state index contributed by atoms with van der Waals surface area (Å²) in [5, 5.41) is 5.11. The van der Waals surface area contributed by atoms with Gasteiger partial charge in [0.05, 0.1) is 0 Å². The summed E-state index contributed by atoms with van der Waals surface area (Å²) >= 11 is -2.45. The molecule has 0 bridgehead atoms. The Morgan fingerprint density at radius 2 is 0.338 bits per heavy atom. The van der Waals surface area contributed by atoms with E-state index < -0.39 is 28.7 Å². The van der Waals surface area contributed by atoms with Gasteiger partial charge in [-0.05, 0) is 0 Å². The number of rotatable bonds is 54. The van der Waals surface area contributed by atoms with Gasteiger partial charge in [-0.1, -0.05) is 117 Å². The van der Waals surface area contributed by atoms with Crippen LogP contribution in [0.25, 0.3) is 0 Å². The molecule has 0 N–H and O–H groups in total. The van der Waals surface area contributed by atoms with E-state index in [2.05, 4.69) is 112 Å². The zero-order valence-corrected chi connectivity index (χ0v) is 54.4. The number of hydrogen-bond acceptors (Lipinski definition) is 0. The molecule has 3 rings (SSSR count). The van der Waals surface area contributed by atoms with Gasteiger partial charge in [0.1, 0.15) is 0 Å². The molecule has 0 aliphatic rings. The normalized spacial score (nSPS) is 11.5. The molecule has 2 heteroatoms. The van der Waals surface area contributed by atoms with E-state index in [1.807, 2.05) is 0 Å². The van der Waals surface area contributed by atoms with Crippen molar-refractivity contribution < 1.29 is 0 Å². The molecule has 0 aliphatic carbocycles. The molecular formula is C72H126Ge2. The third-order valence-corrected chi connectivity index (χ3v) is 28.7. The fourth-order valence-electron chi connectivity index (χ4n) is 11.5. The molecule has 0 aliphatic heterocycles. The molecule has 0 spiro atoms. The average Bonchev–Trinajstić information content (AvgIpc) is 3.43. The van der Waals surface area contributed by atoms with Crippen molar-refractivity contribution in [1.29, 1.82) is 0 Å². The van der Waals surface area contributed by atoms with Gasteiger partial charge in [-0.3, -0.25) is 0 Å². The predicted molar refractivity (Wildman–Crippen MR) is 343 cm³/mol. The third-order valence-electron chi connectivity index (χ3n) is 16.3. The van der Waals surface area contributed by atoms with Crippen molar-refractivity contribution in [2.45, 2.75) is 345 Å². The maximum absolute atomic E-state index is 2.32. The summed E-state index contributed by atoms with van der Waals surface area (Å²) < 4.78 is 4.50. The van der Waals surface area contributed by atoms with Crippen LogP contribution in [-0.4, -0.2) is 28.7 Å². The van der Waals surface area contributed by atoms with Gasteiger partial charge in [-0.25, -0.2) is 0 Å². The van der Waals surface area contributed by atoms with Crippen LogP contribution in [0.15, 0.2) is 91.0 Å². The van der Waals surface area contributed by atoms with Gasteiger partial charge < -0.3 is 0 Å². The van der Waals surface area contributed by atoms with Crippen LogP contribution in [0.1, 0.15) is 329 Å². The zero-order chi connectivity index (χ0) is 52.6. The molecule has 0 saturated carbocycles. The minimum atomic E-state index is -1.63. The summed E-state index contributed by atoms with van der Waals surface area (Å²) in [5.74, 6) is 0. The maximum atomic E-state index is 2.32. The van der Waals surface area contributed by atoms with E-state index in [9.17, 15) is 0 Å². The summed E-state index contributed by atoms with van der Waals surface area (Å²) in [4.78, 5) is 0. The fourth-order valence-corrected chi connectivity index (χ4v) is 23.2. The fraction of sp³-hybridized carbons (Fsp3) is 0.750. The van der Waals surface area contributed by atoms with Crippen LogP contribution in [0, 0.1) is 0 Å². The van der Waals surface area contributed by atoms with Crippen molar-refractivity contribution in [2.75, 3.05) is 0 Å². The molecule has 0 amide bonds. The molecule has 2 radical (unpaired) electrons. The first-order valence-corrected chi connectivity index (χ1v) is 41.3. The van der Waals surface area contributed by atoms with Gasteiger partial charge in [0.2, 0.25) is 0 Å². The summed E-state index contributed by atoms with van der Waals surface area (Å²) in [7, 11) is 0.